The molecule has 0 aromatic heterocycles. The molecule has 0 aromatic rings. The Balaban J connectivity index is 4.95. The van der Waals surface area contributed by atoms with E-state index in [1.165, 1.54) is 4.90 Å². The van der Waals surface area contributed by atoms with Crippen LogP contribution in [0.3, 0.4) is 0 Å². The average Bonchev–Trinajstić information content (AvgIpc) is 2.35. The largest absolute Gasteiger partial charge is 0.334 e. The molecule has 0 atom stereocenters. The van der Waals surface area contributed by atoms with Crippen LogP contribution in [0.1, 0.15) is 27.7 Å². The smallest absolute Gasteiger partial charge is 0.312 e. The number of rotatable bonds is 8. The second-order valence-electron chi connectivity index (χ2n) is 5.79. The molecule has 0 aliphatic carbocycles. The zero-order valence-electron chi connectivity index (χ0n) is 13.3. The number of carbonyl (C=O) groups excluding carboxylic acids is 2. The van der Waals surface area contributed by atoms with Crippen LogP contribution in [0.5, 0.6) is 0 Å². The minimum Gasteiger partial charge on any atom is -0.334 e. The lowest BCUT2D eigenvalue weighted by atomic mass is 10.1. The van der Waals surface area contributed by atoms with E-state index in [1.807, 2.05) is 27.7 Å². The first-order chi connectivity index (χ1) is 9.33. The van der Waals surface area contributed by atoms with Gasteiger partial charge in [0.2, 0.25) is 0 Å². The molecule has 2 amide bonds. The summed E-state index contributed by atoms with van der Waals surface area (Å²) >= 11 is 0. The number of hydrogen-bond acceptors (Lipinski definition) is 2. The van der Waals surface area contributed by atoms with E-state index in [-0.39, 0.29) is 0 Å². The van der Waals surface area contributed by atoms with Crippen LogP contribution in [0.15, 0.2) is 25.3 Å². The Morgan fingerprint density at radius 1 is 0.850 bits per heavy atom. The molecule has 0 spiro atoms. The van der Waals surface area contributed by atoms with Gasteiger partial charge in [0.25, 0.3) is 0 Å². The van der Waals surface area contributed by atoms with E-state index < -0.39 is 11.8 Å². The van der Waals surface area contributed by atoms with Gasteiger partial charge in [0.1, 0.15) is 0 Å². The molecule has 0 saturated heterocycles. The van der Waals surface area contributed by atoms with Gasteiger partial charge in [0.15, 0.2) is 0 Å². The number of nitrogens with zero attached hydrogens (tertiary/aromatic N) is 2. The Morgan fingerprint density at radius 3 is 1.50 bits per heavy atom. The topological polar surface area (TPSA) is 40.6 Å². The third-order valence-corrected chi connectivity index (χ3v) is 2.63. The summed E-state index contributed by atoms with van der Waals surface area (Å²) in [6.07, 6.45) is 3.23. The molecule has 0 rings (SSSR count). The molecule has 0 N–H and O–H groups in total. The third kappa shape index (κ3) is 6.55. The minimum atomic E-state index is -0.480. The lowest BCUT2D eigenvalue weighted by Gasteiger charge is -2.28. The van der Waals surface area contributed by atoms with Gasteiger partial charge in [-0.1, -0.05) is 39.8 Å². The average molecular weight is 280 g/mol. The monoisotopic (exact) mass is 280 g/mol. The Morgan fingerprint density at radius 2 is 1.20 bits per heavy atom. The van der Waals surface area contributed by atoms with Gasteiger partial charge in [-0.3, -0.25) is 9.59 Å². The van der Waals surface area contributed by atoms with Crippen molar-refractivity contribution in [2.75, 3.05) is 26.2 Å². The molecular weight excluding hydrogens is 252 g/mol. The number of hydrogen-bond donors (Lipinski definition) is 0. The quantitative estimate of drug-likeness (QED) is 0.506. The summed E-state index contributed by atoms with van der Waals surface area (Å²) in [6, 6.07) is 0. The van der Waals surface area contributed by atoms with Gasteiger partial charge in [0.05, 0.1) is 0 Å². The summed E-state index contributed by atoms with van der Waals surface area (Å²) in [5, 5.41) is 0. The highest BCUT2D eigenvalue weighted by Gasteiger charge is 2.26. The lowest BCUT2D eigenvalue weighted by molar-refractivity contribution is -0.151. The highest BCUT2D eigenvalue weighted by atomic mass is 16.2. The van der Waals surface area contributed by atoms with E-state index in [0.717, 1.165) is 0 Å². The molecule has 0 aliphatic heterocycles. The second-order valence-corrected chi connectivity index (χ2v) is 5.79. The van der Waals surface area contributed by atoms with Gasteiger partial charge in [-0.25, -0.2) is 0 Å². The molecule has 0 aromatic carbocycles. The van der Waals surface area contributed by atoms with Crippen LogP contribution in [0, 0.1) is 11.8 Å². The van der Waals surface area contributed by atoms with Gasteiger partial charge < -0.3 is 9.80 Å². The first-order valence-corrected chi connectivity index (χ1v) is 7.13. The van der Waals surface area contributed by atoms with Crippen molar-refractivity contribution in [3.8, 4) is 0 Å². The standard InChI is InChI=1S/C16H28N2O2/c1-7-9-17(10-8-2)15(19)16(20)18(11-13(3)4)12-14(5)6/h7-8,13-14H,1-2,9-12H2,3-6H3. The Labute approximate surface area is 123 Å². The maximum Gasteiger partial charge on any atom is 0.312 e. The van der Waals surface area contributed by atoms with Crippen molar-refractivity contribution in [1.82, 2.24) is 9.80 Å². The van der Waals surface area contributed by atoms with Crippen LogP contribution in [-0.4, -0.2) is 47.8 Å². The number of amides is 2. The first kappa shape index (κ1) is 18.4. The maximum atomic E-state index is 12.4. The van der Waals surface area contributed by atoms with E-state index in [4.69, 9.17) is 0 Å². The fraction of sp³-hybridized carbons (Fsp3) is 0.625. The van der Waals surface area contributed by atoms with E-state index in [0.29, 0.717) is 38.0 Å². The Hall–Kier alpha value is -1.58. The van der Waals surface area contributed by atoms with Crippen LogP contribution >= 0.6 is 0 Å². The summed E-state index contributed by atoms with van der Waals surface area (Å²) in [5.41, 5.74) is 0. The van der Waals surface area contributed by atoms with E-state index in [2.05, 4.69) is 13.2 Å². The predicted molar refractivity (Wildman–Crippen MR) is 83.2 cm³/mol. The molecule has 114 valence electrons. The van der Waals surface area contributed by atoms with Gasteiger partial charge in [-0.2, -0.15) is 0 Å². The van der Waals surface area contributed by atoms with Crippen molar-refractivity contribution in [2.45, 2.75) is 27.7 Å². The van der Waals surface area contributed by atoms with Gasteiger partial charge in [-0.05, 0) is 11.8 Å². The molecule has 0 radical (unpaired) electrons. The summed E-state index contributed by atoms with van der Waals surface area (Å²) in [6.45, 7) is 17.3. The lowest BCUT2D eigenvalue weighted by Crippen LogP contribution is -2.47. The van der Waals surface area contributed by atoms with Crippen LogP contribution < -0.4 is 0 Å². The molecule has 0 bridgehead atoms. The SMILES string of the molecule is C=CCN(CC=C)C(=O)C(=O)N(CC(C)C)CC(C)C. The summed E-state index contributed by atoms with van der Waals surface area (Å²) in [5.74, 6) is -0.252. The maximum absolute atomic E-state index is 12.4. The third-order valence-electron chi connectivity index (χ3n) is 2.63. The van der Waals surface area contributed by atoms with Gasteiger partial charge >= 0.3 is 11.8 Å². The molecule has 4 heteroatoms. The van der Waals surface area contributed by atoms with Gasteiger partial charge in [-0.15, -0.1) is 13.2 Å². The molecule has 0 aliphatic rings. The Kier molecular flexibility index (Phi) is 8.61. The highest BCUT2D eigenvalue weighted by Crippen LogP contribution is 2.06. The zero-order chi connectivity index (χ0) is 15.7. The van der Waals surface area contributed by atoms with Crippen molar-refractivity contribution in [1.29, 1.82) is 0 Å². The van der Waals surface area contributed by atoms with E-state index in [1.54, 1.807) is 17.1 Å². The molecule has 20 heavy (non-hydrogen) atoms. The van der Waals surface area contributed by atoms with Crippen molar-refractivity contribution in [2.24, 2.45) is 11.8 Å². The highest BCUT2D eigenvalue weighted by molar-refractivity contribution is 6.34. The van der Waals surface area contributed by atoms with E-state index in [9.17, 15) is 9.59 Å². The van der Waals surface area contributed by atoms with Crippen LogP contribution in [0.25, 0.3) is 0 Å². The zero-order valence-corrected chi connectivity index (χ0v) is 13.3. The predicted octanol–water partition coefficient (Wildman–Crippen LogP) is 2.33. The molecule has 4 nitrogen and oxygen atoms in total. The molecular formula is C16H28N2O2. The summed E-state index contributed by atoms with van der Waals surface area (Å²) in [7, 11) is 0. The summed E-state index contributed by atoms with van der Waals surface area (Å²) < 4.78 is 0. The number of carbonyl (C=O) groups is 2. The fourth-order valence-electron chi connectivity index (χ4n) is 1.94. The Bertz CT molecular complexity index is 328. The normalized spacial score (nSPS) is 10.5. The van der Waals surface area contributed by atoms with Gasteiger partial charge in [0, 0.05) is 26.2 Å². The summed E-state index contributed by atoms with van der Waals surface area (Å²) in [4.78, 5) is 27.7. The van der Waals surface area contributed by atoms with Crippen molar-refractivity contribution >= 4 is 11.8 Å². The second kappa shape index (κ2) is 9.34. The first-order valence-electron chi connectivity index (χ1n) is 7.13. The van der Waals surface area contributed by atoms with Crippen molar-refractivity contribution in [3.05, 3.63) is 25.3 Å². The molecule has 0 fully saturated rings. The van der Waals surface area contributed by atoms with Crippen molar-refractivity contribution < 1.29 is 9.59 Å². The molecule has 0 unspecified atom stereocenters. The fourth-order valence-corrected chi connectivity index (χ4v) is 1.94. The molecule has 0 heterocycles. The van der Waals surface area contributed by atoms with Crippen LogP contribution in [-0.2, 0) is 9.59 Å². The van der Waals surface area contributed by atoms with Crippen molar-refractivity contribution in [3.63, 3.8) is 0 Å². The van der Waals surface area contributed by atoms with E-state index >= 15 is 0 Å². The molecule has 0 saturated carbocycles. The van der Waals surface area contributed by atoms with Crippen LogP contribution in [0.2, 0.25) is 0 Å². The minimum absolute atomic E-state index is 0.331. The van der Waals surface area contributed by atoms with Crippen LogP contribution in [0.4, 0.5) is 0 Å².